The second kappa shape index (κ2) is 6.48. The molecule has 0 spiro atoms. The number of methoxy groups -OCH3 is 1. The highest BCUT2D eigenvalue weighted by Gasteiger charge is 2.15. The Labute approximate surface area is 95.2 Å². The first-order valence-electron chi connectivity index (χ1n) is 4.74. The molecule has 0 bridgehead atoms. The van der Waals surface area contributed by atoms with E-state index in [1.54, 1.807) is 0 Å². The smallest absolute Gasteiger partial charge is 0.323 e. The van der Waals surface area contributed by atoms with Crippen LogP contribution in [-0.4, -0.2) is 24.9 Å². The molecule has 0 heterocycles. The molecule has 0 fully saturated rings. The van der Waals surface area contributed by atoms with Crippen LogP contribution in [0.5, 0.6) is 0 Å². The van der Waals surface area contributed by atoms with Crippen molar-refractivity contribution in [2.24, 2.45) is 0 Å². The molecule has 0 unspecified atom stereocenters. The fourth-order valence-electron chi connectivity index (χ4n) is 1.20. The van der Waals surface area contributed by atoms with Gasteiger partial charge in [0.2, 0.25) is 0 Å². The van der Waals surface area contributed by atoms with Crippen molar-refractivity contribution in [1.82, 2.24) is 5.32 Å². The van der Waals surface area contributed by atoms with Gasteiger partial charge in [-0.1, -0.05) is 30.3 Å². The molecule has 0 aliphatic rings. The Hall–Kier alpha value is -1.00. The quantitative estimate of drug-likeness (QED) is 0.585. The minimum atomic E-state index is -0.349. The average Bonchev–Trinajstić information content (AvgIpc) is 2.31. The van der Waals surface area contributed by atoms with E-state index in [-0.39, 0.29) is 12.0 Å². The lowest BCUT2D eigenvalue weighted by molar-refractivity contribution is -0.142. The monoisotopic (exact) mass is 225 g/mol. The Morgan fingerprint density at radius 2 is 2.13 bits per heavy atom. The van der Waals surface area contributed by atoms with Gasteiger partial charge in [0.25, 0.3) is 0 Å². The third kappa shape index (κ3) is 3.93. The van der Waals surface area contributed by atoms with Gasteiger partial charge in [-0.05, 0) is 5.56 Å². The number of hydrogen-bond donors (Lipinski definition) is 2. The van der Waals surface area contributed by atoms with Gasteiger partial charge in [-0.2, -0.15) is 12.6 Å². The Morgan fingerprint density at radius 3 is 2.67 bits per heavy atom. The van der Waals surface area contributed by atoms with Gasteiger partial charge in [0.15, 0.2) is 0 Å². The van der Waals surface area contributed by atoms with Crippen molar-refractivity contribution < 1.29 is 9.53 Å². The van der Waals surface area contributed by atoms with Crippen LogP contribution in [0.15, 0.2) is 30.3 Å². The van der Waals surface area contributed by atoms with Crippen LogP contribution in [-0.2, 0) is 16.1 Å². The SMILES string of the molecule is COC(=O)[C@H](CS)NCc1ccccc1. The van der Waals surface area contributed by atoms with E-state index in [1.807, 2.05) is 30.3 Å². The fraction of sp³-hybridized carbons (Fsp3) is 0.364. The Bertz CT molecular complexity index is 303. The summed E-state index contributed by atoms with van der Waals surface area (Å²) in [5.41, 5.74) is 1.13. The van der Waals surface area contributed by atoms with E-state index in [0.717, 1.165) is 5.56 Å². The molecule has 0 amide bonds. The summed E-state index contributed by atoms with van der Waals surface area (Å²) in [7, 11) is 1.38. The minimum Gasteiger partial charge on any atom is -0.468 e. The van der Waals surface area contributed by atoms with Crippen molar-refractivity contribution >= 4 is 18.6 Å². The number of ether oxygens (including phenoxy) is 1. The summed E-state index contributed by atoms with van der Waals surface area (Å²) < 4.78 is 4.64. The molecule has 0 aliphatic heterocycles. The van der Waals surface area contributed by atoms with Crippen LogP contribution in [0.4, 0.5) is 0 Å². The second-order valence-electron chi connectivity index (χ2n) is 3.12. The maximum atomic E-state index is 11.2. The van der Waals surface area contributed by atoms with Crippen molar-refractivity contribution in [3.05, 3.63) is 35.9 Å². The largest absolute Gasteiger partial charge is 0.468 e. The lowest BCUT2D eigenvalue weighted by atomic mass is 10.2. The average molecular weight is 225 g/mol. The lowest BCUT2D eigenvalue weighted by Crippen LogP contribution is -2.38. The number of hydrogen-bond acceptors (Lipinski definition) is 4. The van der Waals surface area contributed by atoms with Gasteiger partial charge in [-0.25, -0.2) is 0 Å². The molecule has 0 aliphatic carbocycles. The van der Waals surface area contributed by atoms with E-state index < -0.39 is 0 Å². The van der Waals surface area contributed by atoms with E-state index in [0.29, 0.717) is 12.3 Å². The van der Waals surface area contributed by atoms with Gasteiger partial charge in [-0.3, -0.25) is 10.1 Å². The van der Waals surface area contributed by atoms with Gasteiger partial charge in [0.05, 0.1) is 7.11 Å². The number of rotatable bonds is 5. The van der Waals surface area contributed by atoms with Crippen molar-refractivity contribution in [3.8, 4) is 0 Å². The summed E-state index contributed by atoms with van der Waals surface area (Å²) in [6.07, 6.45) is 0. The van der Waals surface area contributed by atoms with E-state index in [2.05, 4.69) is 22.7 Å². The predicted molar refractivity (Wildman–Crippen MR) is 62.9 cm³/mol. The molecular formula is C11H15NO2S. The molecule has 82 valence electrons. The topological polar surface area (TPSA) is 38.3 Å². The Morgan fingerprint density at radius 1 is 1.47 bits per heavy atom. The van der Waals surface area contributed by atoms with Crippen LogP contribution in [0.2, 0.25) is 0 Å². The summed E-state index contributed by atoms with van der Waals surface area (Å²) in [5.74, 6) is 0.153. The maximum Gasteiger partial charge on any atom is 0.323 e. The molecule has 0 radical (unpaired) electrons. The van der Waals surface area contributed by atoms with Crippen LogP contribution in [0.25, 0.3) is 0 Å². The molecule has 0 aromatic heterocycles. The van der Waals surface area contributed by atoms with Crippen molar-refractivity contribution in [3.63, 3.8) is 0 Å². The van der Waals surface area contributed by atoms with E-state index in [4.69, 9.17) is 0 Å². The summed E-state index contributed by atoms with van der Waals surface area (Å²) in [4.78, 5) is 11.2. The number of carbonyl (C=O) groups is 1. The standard InChI is InChI=1S/C11H15NO2S/c1-14-11(13)10(8-15)12-7-9-5-3-2-4-6-9/h2-6,10,12,15H,7-8H2,1H3/t10-/m0/s1. The third-order valence-corrected chi connectivity index (χ3v) is 2.43. The molecule has 1 aromatic rings. The fourth-order valence-corrected chi connectivity index (χ4v) is 1.48. The second-order valence-corrected chi connectivity index (χ2v) is 3.49. The zero-order valence-electron chi connectivity index (χ0n) is 8.64. The number of carbonyl (C=O) groups excluding carboxylic acids is 1. The maximum absolute atomic E-state index is 11.2. The first kappa shape index (κ1) is 12.1. The van der Waals surface area contributed by atoms with Crippen LogP contribution in [0.3, 0.4) is 0 Å². The van der Waals surface area contributed by atoms with Crippen LogP contribution in [0, 0.1) is 0 Å². The summed E-state index contributed by atoms with van der Waals surface area (Å²) >= 11 is 4.09. The predicted octanol–water partition coefficient (Wildman–Crippen LogP) is 1.25. The summed E-state index contributed by atoms with van der Waals surface area (Å²) in [6, 6.07) is 9.54. The molecule has 1 rings (SSSR count). The molecule has 15 heavy (non-hydrogen) atoms. The molecule has 1 aromatic carbocycles. The Kier molecular flexibility index (Phi) is 5.21. The van der Waals surface area contributed by atoms with E-state index in [9.17, 15) is 4.79 Å². The molecular weight excluding hydrogens is 210 g/mol. The molecule has 0 saturated heterocycles. The minimum absolute atomic E-state index is 0.277. The zero-order valence-corrected chi connectivity index (χ0v) is 9.54. The van der Waals surface area contributed by atoms with Gasteiger partial charge in [0, 0.05) is 12.3 Å². The highest BCUT2D eigenvalue weighted by Crippen LogP contribution is 1.99. The molecule has 4 heteroatoms. The van der Waals surface area contributed by atoms with Crippen molar-refractivity contribution in [2.75, 3.05) is 12.9 Å². The number of esters is 1. The van der Waals surface area contributed by atoms with Gasteiger partial charge < -0.3 is 4.74 Å². The van der Waals surface area contributed by atoms with Crippen LogP contribution >= 0.6 is 12.6 Å². The lowest BCUT2D eigenvalue weighted by Gasteiger charge is -2.13. The number of nitrogens with one attached hydrogen (secondary N) is 1. The van der Waals surface area contributed by atoms with Gasteiger partial charge in [0.1, 0.15) is 6.04 Å². The van der Waals surface area contributed by atoms with Gasteiger partial charge >= 0.3 is 5.97 Å². The molecule has 1 N–H and O–H groups in total. The van der Waals surface area contributed by atoms with Crippen LogP contribution in [0.1, 0.15) is 5.56 Å². The van der Waals surface area contributed by atoms with Crippen LogP contribution < -0.4 is 5.32 Å². The zero-order chi connectivity index (χ0) is 11.1. The van der Waals surface area contributed by atoms with Gasteiger partial charge in [-0.15, -0.1) is 0 Å². The number of benzene rings is 1. The normalized spacial score (nSPS) is 12.1. The van der Waals surface area contributed by atoms with E-state index >= 15 is 0 Å². The molecule has 3 nitrogen and oxygen atoms in total. The Balaban J connectivity index is 2.44. The molecule has 0 saturated carbocycles. The van der Waals surface area contributed by atoms with E-state index in [1.165, 1.54) is 7.11 Å². The van der Waals surface area contributed by atoms with Crippen molar-refractivity contribution in [2.45, 2.75) is 12.6 Å². The third-order valence-electron chi connectivity index (χ3n) is 2.06. The summed E-state index contributed by atoms with van der Waals surface area (Å²) in [5, 5.41) is 3.09. The summed E-state index contributed by atoms with van der Waals surface area (Å²) in [6.45, 7) is 0.640. The first-order chi connectivity index (χ1) is 7.27. The highest BCUT2D eigenvalue weighted by molar-refractivity contribution is 7.80. The highest BCUT2D eigenvalue weighted by atomic mass is 32.1. The first-order valence-corrected chi connectivity index (χ1v) is 5.37. The molecule has 1 atom stereocenters. The number of thiol groups is 1. The van der Waals surface area contributed by atoms with Crippen molar-refractivity contribution in [1.29, 1.82) is 0 Å².